The molecule has 5 nitrogen and oxygen atoms in total. The van der Waals surface area contributed by atoms with E-state index >= 15 is 0 Å². The number of carbonyl (C=O) groups excluding carboxylic acids is 2. The van der Waals surface area contributed by atoms with Gasteiger partial charge in [0, 0.05) is 28.4 Å². The third-order valence-electron chi connectivity index (χ3n) is 6.09. The molecule has 4 rings (SSSR count). The average Bonchev–Trinajstić information content (AvgIpc) is 2.80. The highest BCUT2D eigenvalue weighted by Crippen LogP contribution is 2.44. The number of aryl methyl sites for hydroxylation is 1. The average molecular weight is 478 g/mol. The molecular formula is C26H24ClN3O2S. The van der Waals surface area contributed by atoms with E-state index in [1.165, 1.54) is 11.8 Å². The van der Waals surface area contributed by atoms with E-state index in [1.54, 1.807) is 12.1 Å². The number of benzene rings is 2. The van der Waals surface area contributed by atoms with Crippen LogP contribution in [0.1, 0.15) is 41.9 Å². The van der Waals surface area contributed by atoms with Gasteiger partial charge < -0.3 is 10.6 Å². The maximum Gasteiger partial charge on any atom is 0.234 e. The maximum absolute atomic E-state index is 12.8. The Morgan fingerprint density at radius 1 is 1.21 bits per heavy atom. The van der Waals surface area contributed by atoms with Crippen LogP contribution in [-0.4, -0.2) is 17.4 Å². The molecule has 1 aliphatic carbocycles. The summed E-state index contributed by atoms with van der Waals surface area (Å²) in [4.78, 5) is 25.5. The normalized spacial score (nSPS) is 17.9. The first-order valence-electron chi connectivity index (χ1n) is 10.8. The first-order chi connectivity index (χ1) is 15.9. The molecule has 0 radical (unpaired) electrons. The van der Waals surface area contributed by atoms with Crippen molar-refractivity contribution >= 4 is 40.7 Å². The lowest BCUT2D eigenvalue weighted by Crippen LogP contribution is -2.31. The molecule has 168 valence electrons. The summed E-state index contributed by atoms with van der Waals surface area (Å²) in [6.45, 7) is 3.98. The van der Waals surface area contributed by atoms with Gasteiger partial charge >= 0.3 is 0 Å². The van der Waals surface area contributed by atoms with Gasteiger partial charge in [0.2, 0.25) is 5.91 Å². The van der Waals surface area contributed by atoms with Crippen LogP contribution in [0.5, 0.6) is 0 Å². The minimum Gasteiger partial charge on any atom is -0.352 e. The number of halogens is 1. The van der Waals surface area contributed by atoms with E-state index in [-0.39, 0.29) is 17.4 Å². The molecule has 2 N–H and O–H groups in total. The SMILES string of the molecule is Cc1cccc(NC(=O)CSC2=C(C#N)[C@H](c3ccc(Cl)cc3)C3=C(CCCC3=O)N2)c1C. The fourth-order valence-corrected chi connectivity index (χ4v) is 5.22. The Hall–Kier alpha value is -3.01. The minimum atomic E-state index is -0.458. The molecular weight excluding hydrogens is 454 g/mol. The van der Waals surface area contributed by atoms with Crippen molar-refractivity contribution in [2.45, 2.75) is 39.0 Å². The number of dihydropyridines is 1. The topological polar surface area (TPSA) is 82.0 Å². The quantitative estimate of drug-likeness (QED) is 0.572. The molecule has 2 aliphatic rings. The number of hydrogen-bond donors (Lipinski definition) is 2. The molecule has 1 heterocycles. The Kier molecular flexibility index (Phi) is 6.92. The number of ketones is 1. The van der Waals surface area contributed by atoms with Crippen LogP contribution in [0, 0.1) is 25.2 Å². The summed E-state index contributed by atoms with van der Waals surface area (Å²) >= 11 is 7.36. The number of nitriles is 1. The van der Waals surface area contributed by atoms with E-state index in [0.29, 0.717) is 27.6 Å². The molecule has 1 atom stereocenters. The summed E-state index contributed by atoms with van der Waals surface area (Å²) in [7, 11) is 0. The highest BCUT2D eigenvalue weighted by molar-refractivity contribution is 8.03. The third kappa shape index (κ3) is 4.85. The zero-order valence-electron chi connectivity index (χ0n) is 18.5. The van der Waals surface area contributed by atoms with Gasteiger partial charge in [-0.05, 0) is 61.6 Å². The molecule has 0 aromatic heterocycles. The lowest BCUT2D eigenvalue weighted by Gasteiger charge is -2.33. The maximum atomic E-state index is 12.8. The summed E-state index contributed by atoms with van der Waals surface area (Å²) in [5, 5.41) is 17.6. The predicted molar refractivity (Wildman–Crippen MR) is 133 cm³/mol. The number of anilines is 1. The standard InChI is InChI=1S/C26H24ClN3O2S/c1-15-5-3-6-20(16(15)2)29-23(32)14-33-26-19(13-28)24(17-9-11-18(27)12-10-17)25-21(30-26)7-4-8-22(25)31/h3,5-6,9-12,24,30H,4,7-8,14H2,1-2H3,(H,29,32)/t24-/m0/s1. The molecule has 1 aliphatic heterocycles. The number of amides is 1. The second-order valence-corrected chi connectivity index (χ2v) is 9.64. The molecule has 2 aromatic rings. The molecule has 2 aromatic carbocycles. The van der Waals surface area contributed by atoms with Crippen molar-refractivity contribution < 1.29 is 9.59 Å². The van der Waals surface area contributed by atoms with Gasteiger partial charge in [-0.3, -0.25) is 9.59 Å². The molecule has 0 spiro atoms. The molecule has 0 unspecified atom stereocenters. The second kappa shape index (κ2) is 9.86. The van der Waals surface area contributed by atoms with Crippen LogP contribution >= 0.6 is 23.4 Å². The highest BCUT2D eigenvalue weighted by Gasteiger charge is 2.37. The van der Waals surface area contributed by atoms with Crippen molar-refractivity contribution in [1.29, 1.82) is 5.26 Å². The van der Waals surface area contributed by atoms with Crippen LogP contribution in [0.15, 0.2) is 64.3 Å². The van der Waals surface area contributed by atoms with Gasteiger partial charge in [-0.15, -0.1) is 0 Å². The molecule has 1 amide bonds. The van der Waals surface area contributed by atoms with Gasteiger partial charge in [0.05, 0.1) is 28.3 Å². The second-order valence-electron chi connectivity index (χ2n) is 8.22. The van der Waals surface area contributed by atoms with Crippen LogP contribution in [-0.2, 0) is 9.59 Å². The van der Waals surface area contributed by atoms with Crippen molar-refractivity contribution in [3.05, 3.63) is 86.0 Å². The molecule has 0 saturated carbocycles. The van der Waals surface area contributed by atoms with Gasteiger partial charge in [-0.2, -0.15) is 5.26 Å². The number of thioether (sulfide) groups is 1. The van der Waals surface area contributed by atoms with Gasteiger partial charge in [0.25, 0.3) is 0 Å². The Bertz CT molecular complexity index is 1230. The minimum absolute atomic E-state index is 0.0631. The monoisotopic (exact) mass is 477 g/mol. The zero-order valence-corrected chi connectivity index (χ0v) is 20.1. The summed E-state index contributed by atoms with van der Waals surface area (Å²) in [5.41, 5.74) is 5.73. The van der Waals surface area contributed by atoms with Crippen molar-refractivity contribution in [3.63, 3.8) is 0 Å². The molecule has 33 heavy (non-hydrogen) atoms. The van der Waals surface area contributed by atoms with E-state index < -0.39 is 5.92 Å². The zero-order chi connectivity index (χ0) is 23.5. The molecule has 0 saturated heterocycles. The van der Waals surface area contributed by atoms with E-state index in [4.69, 9.17) is 11.6 Å². The summed E-state index contributed by atoms with van der Waals surface area (Å²) < 4.78 is 0. The van der Waals surface area contributed by atoms with Crippen LogP contribution in [0.3, 0.4) is 0 Å². The van der Waals surface area contributed by atoms with Crippen LogP contribution < -0.4 is 10.6 Å². The number of hydrogen-bond acceptors (Lipinski definition) is 5. The lowest BCUT2D eigenvalue weighted by molar-refractivity contribution is -0.116. The first kappa shape index (κ1) is 23.2. The van der Waals surface area contributed by atoms with Crippen molar-refractivity contribution in [2.24, 2.45) is 0 Å². The van der Waals surface area contributed by atoms with Crippen LogP contribution in [0.25, 0.3) is 0 Å². The summed E-state index contributed by atoms with van der Waals surface area (Å²) in [6, 6.07) is 15.4. The van der Waals surface area contributed by atoms with Gasteiger partial charge in [-0.1, -0.05) is 47.6 Å². The molecule has 7 heteroatoms. The van der Waals surface area contributed by atoms with Crippen LogP contribution in [0.4, 0.5) is 5.69 Å². The van der Waals surface area contributed by atoms with Gasteiger partial charge in [-0.25, -0.2) is 0 Å². The Labute approximate surface area is 202 Å². The smallest absolute Gasteiger partial charge is 0.234 e. The molecule has 0 fully saturated rings. The largest absolute Gasteiger partial charge is 0.352 e. The predicted octanol–water partition coefficient (Wildman–Crippen LogP) is 5.76. The summed E-state index contributed by atoms with van der Waals surface area (Å²) in [6.07, 6.45) is 1.98. The van der Waals surface area contributed by atoms with E-state index in [2.05, 4.69) is 16.7 Å². The number of allylic oxidation sites excluding steroid dienone is 3. The number of rotatable bonds is 5. The number of nitrogens with zero attached hydrogens (tertiary/aromatic N) is 1. The third-order valence-corrected chi connectivity index (χ3v) is 7.36. The Balaban J connectivity index is 1.61. The van der Waals surface area contributed by atoms with E-state index in [1.807, 2.05) is 44.2 Å². The summed E-state index contributed by atoms with van der Waals surface area (Å²) in [5.74, 6) is -0.401. The van der Waals surface area contributed by atoms with Crippen molar-refractivity contribution in [3.8, 4) is 6.07 Å². The molecule has 0 bridgehead atoms. The number of nitrogens with one attached hydrogen (secondary N) is 2. The highest BCUT2D eigenvalue weighted by atomic mass is 35.5. The van der Waals surface area contributed by atoms with E-state index in [0.717, 1.165) is 40.9 Å². The van der Waals surface area contributed by atoms with Crippen LogP contribution in [0.2, 0.25) is 5.02 Å². The fraction of sp³-hybridized carbons (Fsp3) is 0.269. The first-order valence-corrected chi connectivity index (χ1v) is 12.2. The van der Waals surface area contributed by atoms with Crippen molar-refractivity contribution in [1.82, 2.24) is 5.32 Å². The van der Waals surface area contributed by atoms with Gasteiger partial charge in [0.15, 0.2) is 5.78 Å². The van der Waals surface area contributed by atoms with Gasteiger partial charge in [0.1, 0.15) is 0 Å². The van der Waals surface area contributed by atoms with E-state index in [9.17, 15) is 14.9 Å². The lowest BCUT2D eigenvalue weighted by atomic mass is 9.77. The number of carbonyl (C=O) groups is 2. The van der Waals surface area contributed by atoms with Crippen molar-refractivity contribution in [2.75, 3.05) is 11.1 Å². The Morgan fingerprint density at radius 3 is 2.70 bits per heavy atom. The Morgan fingerprint density at radius 2 is 1.97 bits per heavy atom. The number of Topliss-reactive ketones (excluding diaryl/α,β-unsaturated/α-hetero) is 1. The fourth-order valence-electron chi connectivity index (χ4n) is 4.24.